The van der Waals surface area contributed by atoms with Gasteiger partial charge in [0.15, 0.2) is 86.3 Å². The average molecular weight is 1840 g/mol. The van der Waals surface area contributed by atoms with Gasteiger partial charge in [-0.05, 0) is 86.0 Å². The number of benzene rings is 7. The molecule has 7 aromatic carbocycles. The fourth-order valence-electron chi connectivity index (χ4n) is 14.3. The van der Waals surface area contributed by atoms with Crippen LogP contribution in [-0.4, -0.2) is 235 Å². The van der Waals surface area contributed by atoms with Crippen molar-refractivity contribution in [2.24, 2.45) is 0 Å². The zero-order valence-corrected chi connectivity index (χ0v) is 74.2. The van der Waals surface area contributed by atoms with Crippen molar-refractivity contribution in [3.05, 3.63) is 229 Å². The molecule has 46 nitrogen and oxygen atoms in total. The average Bonchev–Trinajstić information content (AvgIpc) is 1.65. The van der Waals surface area contributed by atoms with Crippen LogP contribution in [0, 0.1) is 0 Å². The van der Waals surface area contributed by atoms with Gasteiger partial charge in [-0.1, -0.05) is 42.5 Å². The largest absolute Gasteiger partial charge is 0.493 e. The second-order valence-electron chi connectivity index (χ2n) is 30.6. The molecule has 0 saturated carbocycles. The van der Waals surface area contributed by atoms with Crippen molar-refractivity contribution in [3.8, 4) is 97.8 Å². The van der Waals surface area contributed by atoms with Crippen LogP contribution < -0.4 is 64.5 Å². The highest BCUT2D eigenvalue weighted by Gasteiger charge is 2.30. The molecule has 0 saturated heterocycles. The van der Waals surface area contributed by atoms with Crippen LogP contribution in [0.1, 0.15) is 84.2 Å². The highest BCUT2D eigenvalue weighted by atomic mass is 16.6. The summed E-state index contributed by atoms with van der Waals surface area (Å²) in [6.07, 6.45) is 13.8. The van der Waals surface area contributed by atoms with Gasteiger partial charge in [0.05, 0.1) is 160 Å². The Labute approximate surface area is 767 Å². The van der Waals surface area contributed by atoms with Crippen molar-refractivity contribution in [1.82, 2.24) is 130 Å². The van der Waals surface area contributed by atoms with Gasteiger partial charge in [0.25, 0.3) is 35.4 Å². The van der Waals surface area contributed by atoms with Gasteiger partial charge in [-0.3, -0.25) is 44.4 Å². The number of aromatic amines is 8. The second kappa shape index (κ2) is 38.8. The maximum atomic E-state index is 13.2. The van der Waals surface area contributed by atoms with Gasteiger partial charge in [0.2, 0.25) is 0 Å². The molecular weight excluding hydrogens is 1760 g/mol. The van der Waals surface area contributed by atoms with E-state index in [2.05, 4.69) is 143 Å². The first-order valence-corrected chi connectivity index (χ1v) is 41.3. The molecule has 0 spiro atoms. The van der Waals surface area contributed by atoms with Crippen LogP contribution in [0.5, 0.6) is 46.0 Å². The van der Waals surface area contributed by atoms with Crippen LogP contribution in [0.3, 0.4) is 0 Å². The van der Waals surface area contributed by atoms with Gasteiger partial charge in [0, 0.05) is 97.7 Å². The smallest absolute Gasteiger partial charge is 0.410 e. The standard InChI is InChI=1S/C27H30N6O5.C24H20N8O4.C20H17N9O3.C19H16N8O3/c1-27(2,3)38-26(35)33-9-8-15-6-7-16(10-17(15)14-33)25(34)31-20-13-28-32-23(20)24-29-18-11-21(36-4)22(37-5)12-19(18)30-24;1-35-17-10-14-15(11-18(17)36-2)30-22(29-14)19-16(12-27-32-19)31-24(34)21-20(25-8-9-26-21)23(33)28-13-6-4-3-5-7-13;1-31-15-8-12-13(9-16(15)32-2)23-18(22-12)17-14(10-21-25-17)24-20(30)19-26-28-29(27-19)11-6-4-3-5-7-11;1-29-14-6-11-12(7-15(14)30-2)24-17(23-11)16-13(9-21-26-16)25-19(28)10-8-22-27-5-3-4-20-18(10)27/h6-7,10-13H,8-9,14H2,1-5H3,(H,28,32)(H,29,30)(H,31,34);3-12H,1-2H3,(H,27,32)(H,28,33)(H,29,30)(H,31,34);3-10H,1-2H3,(H,21,25)(H,22,23)(H,24,30);3-9H,1-2H3,(H,21,26)(H,23,24)(H,25,28). The summed E-state index contributed by atoms with van der Waals surface area (Å²) in [7, 11) is 12.5. The van der Waals surface area contributed by atoms with E-state index in [0.29, 0.717) is 190 Å². The van der Waals surface area contributed by atoms with Crippen LogP contribution in [0.2, 0.25) is 0 Å². The highest BCUT2D eigenvalue weighted by Crippen LogP contribution is 2.40. The fraction of sp³-hybridized carbons (Fsp3) is 0.167. The lowest BCUT2D eigenvalue weighted by atomic mass is 9.97. The molecular formula is C90H83N31O15. The summed E-state index contributed by atoms with van der Waals surface area (Å²) in [5.74, 6) is 3.93. The molecule has 13 heterocycles. The maximum Gasteiger partial charge on any atom is 0.410 e. The Morgan fingerprint density at radius 1 is 0.412 bits per heavy atom. The number of rotatable bonds is 23. The Morgan fingerprint density at radius 2 is 0.824 bits per heavy atom. The van der Waals surface area contributed by atoms with Crippen molar-refractivity contribution in [1.29, 1.82) is 0 Å². The molecule has 0 unspecified atom stereocenters. The van der Waals surface area contributed by atoms with E-state index < -0.39 is 23.3 Å². The predicted octanol–water partition coefficient (Wildman–Crippen LogP) is 12.2. The number of para-hydroxylation sites is 2. The number of carbonyl (C=O) groups excluding carboxylic acids is 6. The first-order chi connectivity index (χ1) is 66.0. The summed E-state index contributed by atoms with van der Waals surface area (Å²) in [6, 6.07) is 39.5. The number of ether oxygens (including phenoxy) is 9. The van der Waals surface area contributed by atoms with Crippen LogP contribution in [0.15, 0.2) is 189 Å². The lowest BCUT2D eigenvalue weighted by molar-refractivity contribution is 0.0223. The molecule has 0 fully saturated rings. The number of carbonyl (C=O) groups is 6. The summed E-state index contributed by atoms with van der Waals surface area (Å²) < 4.78 is 49.8. The third-order valence-electron chi connectivity index (χ3n) is 20.9. The summed E-state index contributed by atoms with van der Waals surface area (Å²) in [5.41, 5.74) is 13.0. The number of fused-ring (bicyclic) bond motifs is 6. The van der Waals surface area contributed by atoms with E-state index in [1.807, 2.05) is 69.3 Å². The number of imidazole rings is 4. The molecule has 1 aliphatic rings. The zero-order valence-electron chi connectivity index (χ0n) is 74.2. The van der Waals surface area contributed by atoms with Crippen molar-refractivity contribution >= 4 is 114 Å². The van der Waals surface area contributed by atoms with Crippen LogP contribution in [-0.2, 0) is 17.7 Å². The molecule has 0 bridgehead atoms. The van der Waals surface area contributed by atoms with Crippen LogP contribution >= 0.6 is 0 Å². The number of tetrazole rings is 1. The minimum absolute atomic E-state index is 0.0833. The monoisotopic (exact) mass is 1840 g/mol. The first-order valence-electron chi connectivity index (χ1n) is 41.3. The highest BCUT2D eigenvalue weighted by molar-refractivity contribution is 6.14. The number of aromatic nitrogens is 25. The summed E-state index contributed by atoms with van der Waals surface area (Å²) in [6.45, 7) is 6.48. The van der Waals surface area contributed by atoms with Crippen LogP contribution in [0.25, 0.3) is 102 Å². The van der Waals surface area contributed by atoms with Gasteiger partial charge >= 0.3 is 6.09 Å². The normalized spacial score (nSPS) is 11.6. The van der Waals surface area contributed by atoms with Crippen molar-refractivity contribution < 1.29 is 71.4 Å². The van der Waals surface area contributed by atoms with E-state index in [-0.39, 0.29) is 35.1 Å². The van der Waals surface area contributed by atoms with Gasteiger partial charge in [-0.25, -0.2) is 44.2 Å². The molecule has 136 heavy (non-hydrogen) atoms. The number of hydrogen-bond acceptors (Lipinski definition) is 30. The lowest BCUT2D eigenvalue weighted by Gasteiger charge is -2.31. The number of nitrogens with zero attached hydrogens (tertiary/aromatic N) is 18. The number of anilines is 5. The molecule has 1 aliphatic heterocycles. The molecule has 0 aliphatic carbocycles. The molecule has 19 aromatic rings. The topological polar surface area (TPSA) is 578 Å². The minimum Gasteiger partial charge on any atom is -0.493 e. The Hall–Kier alpha value is -18.9. The Morgan fingerprint density at radius 3 is 1.26 bits per heavy atom. The summed E-state index contributed by atoms with van der Waals surface area (Å²) >= 11 is 0. The van der Waals surface area contributed by atoms with Crippen molar-refractivity contribution in [3.63, 3.8) is 0 Å². The SMILES string of the molecule is COc1cc2nc(-c3[nH]ncc3NC(=O)c3ccc4c(c3)CN(C(=O)OC(C)(C)C)CC4)[nH]c2cc1OC.COc1cc2nc(-c3[nH]ncc3NC(=O)c3cnn4cccnc34)[nH]c2cc1OC.COc1cc2nc(-c3[nH]ncc3NC(=O)c3nccnc3C(=O)Nc3ccccc3)[nH]c2cc1OC.COc1cc2nc(-c3[nH]ncc3NC(=O)c3nnn(-c4ccccc4)n3)[nH]c2cc1OC. The molecule has 6 amide bonds. The van der Waals surface area contributed by atoms with E-state index in [1.54, 1.807) is 159 Å². The van der Waals surface area contributed by atoms with Gasteiger partial charge < -0.3 is 94.1 Å². The van der Waals surface area contributed by atoms with Gasteiger partial charge in [-0.15, -0.1) is 15.0 Å². The summed E-state index contributed by atoms with van der Waals surface area (Å²) in [4.78, 5) is 124. The van der Waals surface area contributed by atoms with Crippen LogP contribution in [0.4, 0.5) is 33.2 Å². The molecule has 46 heteroatoms. The third kappa shape index (κ3) is 19.1. The van der Waals surface area contributed by atoms with E-state index in [0.717, 1.165) is 27.7 Å². The number of nitrogens with one attached hydrogen (secondary N) is 13. The number of hydrogen-bond donors (Lipinski definition) is 13. The fourth-order valence-corrected chi connectivity index (χ4v) is 14.3. The van der Waals surface area contributed by atoms with E-state index >= 15 is 0 Å². The Balaban J connectivity index is 0.000000126. The van der Waals surface area contributed by atoms with Gasteiger partial charge in [-0.2, -0.15) is 25.5 Å². The lowest BCUT2D eigenvalue weighted by Crippen LogP contribution is -2.40. The molecule has 13 N–H and O–H groups in total. The molecule has 20 rings (SSSR count). The number of amides is 6. The van der Waals surface area contributed by atoms with E-state index in [1.165, 1.54) is 52.7 Å². The second-order valence-corrected chi connectivity index (χ2v) is 30.6. The Kier molecular flexibility index (Phi) is 25.4. The Bertz CT molecular complexity index is 7480. The first kappa shape index (κ1) is 89.0. The minimum atomic E-state index is -0.636. The molecule has 688 valence electrons. The number of H-pyrrole nitrogens is 8. The molecule has 0 atom stereocenters. The quantitative estimate of drug-likeness (QED) is 0.0283. The van der Waals surface area contributed by atoms with Gasteiger partial charge in [0.1, 0.15) is 33.9 Å². The summed E-state index contributed by atoms with van der Waals surface area (Å²) in [5, 5.41) is 57.6. The third-order valence-corrected chi connectivity index (χ3v) is 20.9. The molecule has 0 radical (unpaired) electrons. The van der Waals surface area contributed by atoms with Crippen molar-refractivity contribution in [2.75, 3.05) is 90.0 Å². The maximum absolute atomic E-state index is 13.2. The van der Waals surface area contributed by atoms with E-state index in [4.69, 9.17) is 42.6 Å². The molecule has 12 aromatic heterocycles. The van der Waals surface area contributed by atoms with Crippen molar-refractivity contribution in [2.45, 2.75) is 39.3 Å². The predicted molar refractivity (Wildman–Crippen MR) is 494 cm³/mol. The zero-order chi connectivity index (χ0) is 94.8. The van der Waals surface area contributed by atoms with E-state index in [9.17, 15) is 28.8 Å². The number of methoxy groups -OCH3 is 8.